The minimum atomic E-state index is -0.631. The monoisotopic (exact) mass is 336 g/mol. The molecule has 0 amide bonds. The van der Waals surface area contributed by atoms with Crippen LogP contribution in [0.15, 0.2) is 40.9 Å². The van der Waals surface area contributed by atoms with Crippen LogP contribution < -0.4 is 10.2 Å². The molecule has 2 rings (SSSR count). The second kappa shape index (κ2) is 6.42. The molecule has 2 aromatic carbocycles. The molecule has 0 atom stereocenters. The van der Waals surface area contributed by atoms with E-state index in [0.717, 1.165) is 15.6 Å². The van der Waals surface area contributed by atoms with Gasteiger partial charge >= 0.3 is 6.92 Å². The molecule has 104 valence electrons. The topological polar surface area (TPSA) is 29.5 Å². The summed E-state index contributed by atoms with van der Waals surface area (Å²) in [4.78, 5) is 0. The third-order valence-corrected chi connectivity index (χ3v) is 3.53. The van der Waals surface area contributed by atoms with Gasteiger partial charge in [0.1, 0.15) is 18.2 Å². The molecule has 0 aliphatic carbocycles. The molecule has 0 spiro atoms. The van der Waals surface area contributed by atoms with Crippen LogP contribution in [0, 0.1) is 12.7 Å². The van der Waals surface area contributed by atoms with Crippen molar-refractivity contribution < 1.29 is 14.2 Å². The van der Waals surface area contributed by atoms with E-state index in [2.05, 4.69) is 15.9 Å². The number of rotatable bonds is 4. The Morgan fingerprint density at radius 1 is 1.30 bits per heavy atom. The fraction of sp³-hybridized carbons (Fsp3) is 0.200. The average molecular weight is 337 g/mol. The van der Waals surface area contributed by atoms with Crippen LogP contribution in [0.4, 0.5) is 4.39 Å². The van der Waals surface area contributed by atoms with Gasteiger partial charge in [0, 0.05) is 0 Å². The maximum atomic E-state index is 13.1. The molecule has 2 nitrogen and oxygen atoms in total. The summed E-state index contributed by atoms with van der Waals surface area (Å²) in [5, 5.41) is 9.83. The van der Waals surface area contributed by atoms with Gasteiger partial charge < -0.3 is 9.76 Å². The van der Waals surface area contributed by atoms with Gasteiger partial charge in [-0.05, 0) is 52.1 Å². The highest BCUT2D eigenvalue weighted by Gasteiger charge is 2.17. The lowest BCUT2D eigenvalue weighted by Crippen LogP contribution is -2.28. The van der Waals surface area contributed by atoms with Crippen LogP contribution in [0.3, 0.4) is 0 Å². The van der Waals surface area contributed by atoms with E-state index in [9.17, 15) is 9.41 Å². The van der Waals surface area contributed by atoms with E-state index in [1.165, 1.54) is 12.1 Å². The molecule has 20 heavy (non-hydrogen) atoms. The van der Waals surface area contributed by atoms with Gasteiger partial charge in [0.25, 0.3) is 0 Å². The number of aryl methyl sites for hydroxylation is 1. The van der Waals surface area contributed by atoms with Crippen LogP contribution in [0.1, 0.15) is 11.1 Å². The van der Waals surface area contributed by atoms with E-state index >= 15 is 0 Å². The SMILES string of the molecule is CB(O)c1cc(C)cc(Br)c1OCc1cccc(F)c1. The summed E-state index contributed by atoms with van der Waals surface area (Å²) < 4.78 is 19.7. The van der Waals surface area contributed by atoms with Crippen LogP contribution in [-0.2, 0) is 6.61 Å². The fourth-order valence-corrected chi connectivity index (χ4v) is 2.71. The predicted octanol–water partition coefficient (Wildman–Crippen LogP) is 3.30. The van der Waals surface area contributed by atoms with Crippen molar-refractivity contribution in [1.29, 1.82) is 0 Å². The number of hydrogen-bond donors (Lipinski definition) is 1. The first-order valence-electron chi connectivity index (χ1n) is 6.32. The average Bonchev–Trinajstić information content (AvgIpc) is 2.36. The van der Waals surface area contributed by atoms with Gasteiger partial charge in [-0.15, -0.1) is 0 Å². The second-order valence-electron chi connectivity index (χ2n) is 4.76. The van der Waals surface area contributed by atoms with E-state index in [-0.39, 0.29) is 12.4 Å². The van der Waals surface area contributed by atoms with Gasteiger partial charge in [0.2, 0.25) is 0 Å². The molecule has 0 heterocycles. The summed E-state index contributed by atoms with van der Waals surface area (Å²) in [5.41, 5.74) is 2.49. The van der Waals surface area contributed by atoms with Gasteiger partial charge in [-0.3, -0.25) is 0 Å². The highest BCUT2D eigenvalue weighted by molar-refractivity contribution is 9.10. The van der Waals surface area contributed by atoms with Crippen molar-refractivity contribution in [1.82, 2.24) is 0 Å². The molecule has 0 fully saturated rings. The number of halogens is 2. The summed E-state index contributed by atoms with van der Waals surface area (Å²) in [6.45, 7) is 3.26. The Bertz CT molecular complexity index is 617. The molecule has 0 aromatic heterocycles. The number of hydrogen-bond acceptors (Lipinski definition) is 2. The molecule has 0 aliphatic heterocycles. The smallest absolute Gasteiger partial charge is 0.324 e. The molecule has 0 radical (unpaired) electrons. The Hall–Kier alpha value is -1.33. The zero-order valence-corrected chi connectivity index (χ0v) is 12.9. The van der Waals surface area contributed by atoms with Crippen LogP contribution in [-0.4, -0.2) is 11.9 Å². The minimum absolute atomic E-state index is 0.249. The molecule has 2 aromatic rings. The first-order valence-corrected chi connectivity index (χ1v) is 7.12. The molecular weight excluding hydrogens is 322 g/mol. The van der Waals surface area contributed by atoms with Crippen LogP contribution in [0.2, 0.25) is 6.82 Å². The lowest BCUT2D eigenvalue weighted by atomic mass is 9.63. The van der Waals surface area contributed by atoms with Crippen LogP contribution in [0.5, 0.6) is 5.75 Å². The van der Waals surface area contributed by atoms with Crippen molar-refractivity contribution in [3.8, 4) is 5.75 Å². The van der Waals surface area contributed by atoms with Gasteiger partial charge in [-0.2, -0.15) is 0 Å². The van der Waals surface area contributed by atoms with Crippen molar-refractivity contribution in [2.45, 2.75) is 20.4 Å². The van der Waals surface area contributed by atoms with Crippen molar-refractivity contribution in [2.24, 2.45) is 0 Å². The zero-order chi connectivity index (χ0) is 14.7. The standard InChI is InChI=1S/C15H15BBrFO2/c1-10-6-13(16(2)19)15(14(17)7-10)20-9-11-4-3-5-12(18)8-11/h3-8,19H,9H2,1-2H3. The maximum absolute atomic E-state index is 13.1. The van der Waals surface area contributed by atoms with Crippen LogP contribution in [0.25, 0.3) is 0 Å². The quantitative estimate of drug-likeness (QED) is 0.868. The third-order valence-electron chi connectivity index (χ3n) is 2.94. The number of benzene rings is 2. The predicted molar refractivity (Wildman–Crippen MR) is 83.1 cm³/mol. The molecule has 0 saturated carbocycles. The highest BCUT2D eigenvalue weighted by atomic mass is 79.9. The molecule has 1 N–H and O–H groups in total. The minimum Gasteiger partial charge on any atom is -0.488 e. The molecule has 5 heteroatoms. The van der Waals surface area contributed by atoms with Crippen molar-refractivity contribution in [3.63, 3.8) is 0 Å². The Morgan fingerprint density at radius 3 is 2.70 bits per heavy atom. The molecule has 0 saturated heterocycles. The summed E-state index contributed by atoms with van der Waals surface area (Å²) >= 11 is 3.44. The van der Waals surface area contributed by atoms with Gasteiger partial charge in [0.15, 0.2) is 0 Å². The Kier molecular flexibility index (Phi) is 4.84. The molecule has 0 unspecified atom stereocenters. The van der Waals surface area contributed by atoms with Crippen molar-refractivity contribution in [3.05, 3.63) is 57.8 Å². The lowest BCUT2D eigenvalue weighted by Gasteiger charge is -2.15. The van der Waals surface area contributed by atoms with E-state index < -0.39 is 6.92 Å². The summed E-state index contributed by atoms with van der Waals surface area (Å²) in [6, 6.07) is 10.1. The van der Waals surface area contributed by atoms with Crippen molar-refractivity contribution >= 4 is 28.3 Å². The Labute approximate surface area is 126 Å². The molecular formula is C15H15BBrFO2. The zero-order valence-electron chi connectivity index (χ0n) is 11.4. The largest absolute Gasteiger partial charge is 0.488 e. The van der Waals surface area contributed by atoms with E-state index in [0.29, 0.717) is 11.2 Å². The van der Waals surface area contributed by atoms with Gasteiger partial charge in [-0.1, -0.05) is 30.6 Å². The Balaban J connectivity index is 2.25. The van der Waals surface area contributed by atoms with E-state index in [1.54, 1.807) is 19.0 Å². The van der Waals surface area contributed by atoms with Crippen molar-refractivity contribution in [2.75, 3.05) is 0 Å². The first kappa shape index (κ1) is 15.1. The Morgan fingerprint density at radius 2 is 2.05 bits per heavy atom. The normalized spacial score (nSPS) is 10.4. The number of ether oxygens (including phenoxy) is 1. The maximum Gasteiger partial charge on any atom is 0.324 e. The first-order chi connectivity index (χ1) is 9.47. The fourth-order valence-electron chi connectivity index (χ4n) is 2.00. The van der Waals surface area contributed by atoms with Gasteiger partial charge in [-0.25, -0.2) is 4.39 Å². The van der Waals surface area contributed by atoms with Gasteiger partial charge in [0.05, 0.1) is 4.47 Å². The highest BCUT2D eigenvalue weighted by Crippen LogP contribution is 2.25. The van der Waals surface area contributed by atoms with E-state index in [1.807, 2.05) is 19.1 Å². The second-order valence-corrected chi connectivity index (χ2v) is 5.61. The van der Waals surface area contributed by atoms with Crippen LogP contribution >= 0.6 is 15.9 Å². The molecule has 0 bridgehead atoms. The molecule has 0 aliphatic rings. The summed E-state index contributed by atoms with van der Waals surface area (Å²) in [5.74, 6) is 0.305. The summed E-state index contributed by atoms with van der Waals surface area (Å²) in [7, 11) is 0. The lowest BCUT2D eigenvalue weighted by molar-refractivity contribution is 0.305. The summed E-state index contributed by atoms with van der Waals surface area (Å²) in [6.07, 6.45) is 0. The van der Waals surface area contributed by atoms with E-state index in [4.69, 9.17) is 4.74 Å². The third kappa shape index (κ3) is 3.61.